The van der Waals surface area contributed by atoms with Crippen molar-refractivity contribution in [2.45, 2.75) is 6.04 Å². The van der Waals surface area contributed by atoms with Gasteiger partial charge < -0.3 is 14.8 Å². The largest absolute Gasteiger partial charge is 0.495 e. The molecule has 1 N–H and O–H groups in total. The van der Waals surface area contributed by atoms with E-state index in [4.69, 9.17) is 21.1 Å². The molecular formula is C15H16BrClN2O2. The SMILES string of the molecule is CNC(c1ccncc1Cl)c1ccc(OC)c(Br)c1OC. The van der Waals surface area contributed by atoms with Gasteiger partial charge in [-0.25, -0.2) is 0 Å². The summed E-state index contributed by atoms with van der Waals surface area (Å²) >= 11 is 9.78. The van der Waals surface area contributed by atoms with Crippen LogP contribution < -0.4 is 14.8 Å². The van der Waals surface area contributed by atoms with Crippen LogP contribution in [0, 0.1) is 0 Å². The van der Waals surface area contributed by atoms with E-state index in [0.29, 0.717) is 16.5 Å². The Kier molecular flexibility index (Phi) is 5.45. The van der Waals surface area contributed by atoms with E-state index in [0.717, 1.165) is 15.6 Å². The number of hydrogen-bond acceptors (Lipinski definition) is 4. The maximum Gasteiger partial charge on any atom is 0.141 e. The van der Waals surface area contributed by atoms with Crippen LogP contribution in [0.5, 0.6) is 11.5 Å². The Morgan fingerprint density at radius 2 is 1.95 bits per heavy atom. The van der Waals surface area contributed by atoms with Crippen molar-refractivity contribution in [1.82, 2.24) is 10.3 Å². The Hall–Kier alpha value is -1.30. The summed E-state index contributed by atoms with van der Waals surface area (Å²) in [7, 11) is 5.12. The summed E-state index contributed by atoms with van der Waals surface area (Å²) in [5.41, 5.74) is 1.89. The lowest BCUT2D eigenvalue weighted by atomic mass is 9.98. The van der Waals surface area contributed by atoms with E-state index in [2.05, 4.69) is 26.2 Å². The van der Waals surface area contributed by atoms with Gasteiger partial charge in [0.05, 0.1) is 25.3 Å². The highest BCUT2D eigenvalue weighted by atomic mass is 79.9. The zero-order chi connectivity index (χ0) is 15.4. The van der Waals surface area contributed by atoms with Crippen molar-refractivity contribution in [1.29, 1.82) is 0 Å². The van der Waals surface area contributed by atoms with Crippen LogP contribution in [0.25, 0.3) is 0 Å². The van der Waals surface area contributed by atoms with Gasteiger partial charge in [-0.2, -0.15) is 0 Å². The Morgan fingerprint density at radius 3 is 2.52 bits per heavy atom. The molecule has 1 aromatic carbocycles. The number of nitrogens with one attached hydrogen (secondary N) is 1. The number of hydrogen-bond donors (Lipinski definition) is 1. The van der Waals surface area contributed by atoms with E-state index in [1.807, 2.05) is 25.2 Å². The number of methoxy groups -OCH3 is 2. The minimum Gasteiger partial charge on any atom is -0.495 e. The van der Waals surface area contributed by atoms with Gasteiger partial charge in [-0.05, 0) is 46.7 Å². The number of halogens is 2. The molecule has 112 valence electrons. The molecule has 0 bridgehead atoms. The van der Waals surface area contributed by atoms with Crippen LogP contribution in [-0.4, -0.2) is 26.3 Å². The molecule has 0 saturated heterocycles. The molecule has 0 radical (unpaired) electrons. The van der Waals surface area contributed by atoms with Gasteiger partial charge in [0, 0.05) is 18.0 Å². The van der Waals surface area contributed by atoms with Crippen LogP contribution in [0.4, 0.5) is 0 Å². The molecule has 21 heavy (non-hydrogen) atoms. The number of rotatable bonds is 5. The fourth-order valence-corrected chi connectivity index (χ4v) is 3.16. The van der Waals surface area contributed by atoms with Gasteiger partial charge in [-0.3, -0.25) is 4.98 Å². The maximum atomic E-state index is 6.26. The first-order valence-corrected chi connectivity index (χ1v) is 7.48. The molecule has 2 aromatic rings. The molecule has 4 nitrogen and oxygen atoms in total. The van der Waals surface area contributed by atoms with Gasteiger partial charge in [0.15, 0.2) is 0 Å². The molecule has 0 fully saturated rings. The summed E-state index contributed by atoms with van der Waals surface area (Å²) in [6, 6.07) is 5.63. The Balaban J connectivity index is 2.58. The summed E-state index contributed by atoms with van der Waals surface area (Å²) in [5, 5.41) is 3.86. The molecule has 1 aromatic heterocycles. The van der Waals surface area contributed by atoms with Gasteiger partial charge in [-0.15, -0.1) is 0 Å². The highest BCUT2D eigenvalue weighted by Gasteiger charge is 2.22. The molecule has 1 unspecified atom stereocenters. The zero-order valence-corrected chi connectivity index (χ0v) is 14.3. The molecule has 6 heteroatoms. The molecule has 0 aliphatic rings. The van der Waals surface area contributed by atoms with Gasteiger partial charge in [0.1, 0.15) is 16.0 Å². The molecule has 0 aliphatic carbocycles. The molecular weight excluding hydrogens is 356 g/mol. The predicted molar refractivity (Wildman–Crippen MR) is 87.4 cm³/mol. The summed E-state index contributed by atoms with van der Waals surface area (Å²) in [4.78, 5) is 4.02. The number of nitrogens with zero attached hydrogens (tertiary/aromatic N) is 1. The van der Waals surface area contributed by atoms with E-state index in [1.165, 1.54) is 0 Å². The monoisotopic (exact) mass is 370 g/mol. The van der Waals surface area contributed by atoms with E-state index in [-0.39, 0.29) is 6.04 Å². The van der Waals surface area contributed by atoms with E-state index >= 15 is 0 Å². The standard InChI is InChI=1S/C15H16BrClN2O2/c1-18-14(9-6-7-19-8-11(9)17)10-4-5-12(20-2)13(16)15(10)21-3/h4-8,14,18H,1-3H3. The lowest BCUT2D eigenvalue weighted by Crippen LogP contribution is -2.19. The summed E-state index contributed by atoms with van der Waals surface area (Å²) in [6.45, 7) is 0. The number of pyridine rings is 1. The van der Waals surface area contributed by atoms with Crippen molar-refractivity contribution >= 4 is 27.5 Å². The zero-order valence-electron chi connectivity index (χ0n) is 12.0. The average molecular weight is 372 g/mol. The number of aromatic nitrogens is 1. The second-order valence-corrected chi connectivity index (χ2v) is 5.52. The van der Waals surface area contributed by atoms with Gasteiger partial charge >= 0.3 is 0 Å². The number of benzene rings is 1. The Labute approximate surface area is 137 Å². The van der Waals surface area contributed by atoms with Crippen LogP contribution in [0.3, 0.4) is 0 Å². The Bertz CT molecular complexity index is 637. The molecule has 1 atom stereocenters. The Morgan fingerprint density at radius 1 is 1.19 bits per heavy atom. The number of ether oxygens (including phenoxy) is 2. The molecule has 0 spiro atoms. The molecule has 1 heterocycles. The molecule has 2 rings (SSSR count). The van der Waals surface area contributed by atoms with Crippen molar-refractivity contribution in [3.63, 3.8) is 0 Å². The van der Waals surface area contributed by atoms with Crippen molar-refractivity contribution < 1.29 is 9.47 Å². The smallest absolute Gasteiger partial charge is 0.141 e. The van der Waals surface area contributed by atoms with E-state index < -0.39 is 0 Å². The first-order valence-electron chi connectivity index (χ1n) is 6.31. The quantitative estimate of drug-likeness (QED) is 0.867. The van der Waals surface area contributed by atoms with Crippen molar-refractivity contribution in [2.24, 2.45) is 0 Å². The minimum absolute atomic E-state index is 0.113. The van der Waals surface area contributed by atoms with Gasteiger partial charge in [-0.1, -0.05) is 11.6 Å². The minimum atomic E-state index is -0.113. The van der Waals surface area contributed by atoms with E-state index in [1.54, 1.807) is 26.6 Å². The summed E-state index contributed by atoms with van der Waals surface area (Å²) < 4.78 is 11.6. The average Bonchev–Trinajstić information content (AvgIpc) is 2.50. The van der Waals surface area contributed by atoms with Crippen LogP contribution in [0.15, 0.2) is 35.1 Å². The van der Waals surface area contributed by atoms with Crippen LogP contribution in [-0.2, 0) is 0 Å². The van der Waals surface area contributed by atoms with Gasteiger partial charge in [0.25, 0.3) is 0 Å². The fourth-order valence-electron chi connectivity index (χ4n) is 2.24. The first kappa shape index (κ1) is 16.1. The fraction of sp³-hybridized carbons (Fsp3) is 0.267. The van der Waals surface area contributed by atoms with Crippen molar-refractivity contribution in [3.05, 3.63) is 51.2 Å². The highest BCUT2D eigenvalue weighted by Crippen LogP contribution is 2.41. The predicted octanol–water partition coefficient (Wildman–Crippen LogP) is 3.82. The van der Waals surface area contributed by atoms with Gasteiger partial charge in [0.2, 0.25) is 0 Å². The third-order valence-corrected chi connectivity index (χ3v) is 4.30. The topological polar surface area (TPSA) is 43.4 Å². The lowest BCUT2D eigenvalue weighted by Gasteiger charge is -2.22. The van der Waals surface area contributed by atoms with E-state index in [9.17, 15) is 0 Å². The molecule has 0 amide bonds. The highest BCUT2D eigenvalue weighted by molar-refractivity contribution is 9.10. The summed E-state index contributed by atoms with van der Waals surface area (Å²) in [6.07, 6.45) is 3.35. The van der Waals surface area contributed by atoms with Crippen LogP contribution >= 0.6 is 27.5 Å². The normalized spacial score (nSPS) is 12.0. The first-order chi connectivity index (χ1) is 10.1. The molecule has 0 saturated carbocycles. The van der Waals surface area contributed by atoms with Crippen molar-refractivity contribution in [2.75, 3.05) is 21.3 Å². The summed E-state index contributed by atoms with van der Waals surface area (Å²) in [5.74, 6) is 1.42. The second kappa shape index (κ2) is 7.11. The van der Waals surface area contributed by atoms with Crippen LogP contribution in [0.2, 0.25) is 5.02 Å². The second-order valence-electron chi connectivity index (χ2n) is 4.32. The third kappa shape index (κ3) is 3.15. The maximum absolute atomic E-state index is 6.26. The molecule has 0 aliphatic heterocycles. The lowest BCUT2D eigenvalue weighted by molar-refractivity contribution is 0.383. The van der Waals surface area contributed by atoms with Crippen molar-refractivity contribution in [3.8, 4) is 11.5 Å². The van der Waals surface area contributed by atoms with Crippen LogP contribution in [0.1, 0.15) is 17.2 Å². The third-order valence-electron chi connectivity index (χ3n) is 3.23.